The topological polar surface area (TPSA) is 50.4 Å². The minimum Gasteiger partial charge on any atom is -0.439 e. The number of carbonyl (C=O) groups excluding carboxylic acids is 1. The molecule has 1 saturated heterocycles. The van der Waals surface area contributed by atoms with Crippen LogP contribution in [0.25, 0.3) is 0 Å². The summed E-state index contributed by atoms with van der Waals surface area (Å²) < 4.78 is 6.06. The Hall–Kier alpha value is -1.07. The van der Waals surface area contributed by atoms with E-state index in [0.717, 1.165) is 10.0 Å². The van der Waals surface area contributed by atoms with E-state index >= 15 is 0 Å². The van der Waals surface area contributed by atoms with Crippen LogP contribution in [0.2, 0.25) is 0 Å². The van der Waals surface area contributed by atoms with Crippen molar-refractivity contribution in [3.05, 3.63) is 34.3 Å². The molecule has 0 saturated carbocycles. The van der Waals surface area contributed by atoms with Crippen LogP contribution in [0.3, 0.4) is 0 Å². The summed E-state index contributed by atoms with van der Waals surface area (Å²) in [6.45, 7) is 0.564. The second-order valence-electron chi connectivity index (χ2n) is 2.92. The maximum Gasteiger partial charge on any atom is 0.422 e. The molecule has 1 fully saturated rings. The van der Waals surface area contributed by atoms with E-state index in [2.05, 4.69) is 26.8 Å². The third-order valence-corrected chi connectivity index (χ3v) is 2.70. The number of halogens is 1. The molecule has 5 heteroatoms. The zero-order valence-electron chi connectivity index (χ0n) is 7.29. The van der Waals surface area contributed by atoms with Crippen molar-refractivity contribution in [3.63, 3.8) is 0 Å². The molecule has 2 rings (SSSR count). The quantitative estimate of drug-likeness (QED) is 0.805. The predicted molar refractivity (Wildman–Crippen MR) is 54.5 cm³/mol. The fourth-order valence-electron chi connectivity index (χ4n) is 1.33. The lowest BCUT2D eigenvalue weighted by molar-refractivity contribution is 0.0675. The third-order valence-electron chi connectivity index (χ3n) is 1.98. The highest BCUT2D eigenvalue weighted by molar-refractivity contribution is 9.10. The average molecular weight is 257 g/mol. The van der Waals surface area contributed by atoms with Crippen molar-refractivity contribution in [2.45, 2.75) is 6.10 Å². The van der Waals surface area contributed by atoms with E-state index in [-0.39, 0.29) is 6.10 Å². The normalized spacial score (nSPS) is 21.2. The summed E-state index contributed by atoms with van der Waals surface area (Å²) in [5, 5.41) is 0. The number of carbonyl (C=O) groups is 1. The van der Waals surface area contributed by atoms with Crippen LogP contribution in [0, 0.1) is 0 Å². The largest absolute Gasteiger partial charge is 0.439 e. The summed E-state index contributed by atoms with van der Waals surface area (Å²) in [5.74, 6) is 0. The van der Waals surface area contributed by atoms with Crippen molar-refractivity contribution in [2.24, 2.45) is 0 Å². The molecule has 74 valence electrons. The number of benzene rings is 1. The van der Waals surface area contributed by atoms with Gasteiger partial charge in [-0.15, -0.1) is 0 Å². The Kier molecular flexibility index (Phi) is 2.69. The van der Waals surface area contributed by atoms with Gasteiger partial charge in [0.05, 0.1) is 6.54 Å². The van der Waals surface area contributed by atoms with Crippen molar-refractivity contribution in [1.29, 1.82) is 0 Å². The zero-order chi connectivity index (χ0) is 9.97. The molecule has 0 spiro atoms. The third kappa shape index (κ3) is 1.88. The summed E-state index contributed by atoms with van der Waals surface area (Å²) in [5.41, 5.74) is 6.11. The lowest BCUT2D eigenvalue weighted by Crippen LogP contribution is -2.46. The highest BCUT2D eigenvalue weighted by atomic mass is 79.9. The van der Waals surface area contributed by atoms with Gasteiger partial charge in [0.2, 0.25) is 0 Å². The fraction of sp³-hybridized carbons (Fsp3) is 0.222. The lowest BCUT2D eigenvalue weighted by Gasteiger charge is -2.24. The molecule has 14 heavy (non-hydrogen) atoms. The van der Waals surface area contributed by atoms with Gasteiger partial charge in [0.15, 0.2) is 0 Å². The van der Waals surface area contributed by atoms with Gasteiger partial charge in [0, 0.05) is 10.0 Å². The van der Waals surface area contributed by atoms with Crippen LogP contribution in [0.1, 0.15) is 11.7 Å². The summed E-state index contributed by atoms with van der Waals surface area (Å²) in [6, 6.07) is 7.68. The first-order valence-corrected chi connectivity index (χ1v) is 5.00. The molecule has 1 heterocycles. The highest BCUT2D eigenvalue weighted by Gasteiger charge is 2.22. The smallest absolute Gasteiger partial charge is 0.422 e. The van der Waals surface area contributed by atoms with Crippen LogP contribution in [0.5, 0.6) is 0 Å². The predicted octanol–water partition coefficient (Wildman–Crippen LogP) is 1.73. The Balaban J connectivity index is 2.22. The van der Waals surface area contributed by atoms with Gasteiger partial charge in [0.1, 0.15) is 6.10 Å². The van der Waals surface area contributed by atoms with Gasteiger partial charge in [-0.05, 0) is 6.07 Å². The van der Waals surface area contributed by atoms with Gasteiger partial charge in [-0.25, -0.2) is 10.2 Å². The van der Waals surface area contributed by atoms with Crippen molar-refractivity contribution in [1.82, 2.24) is 10.9 Å². The van der Waals surface area contributed by atoms with E-state index in [4.69, 9.17) is 4.74 Å². The minimum atomic E-state index is -0.447. The molecule has 0 bridgehead atoms. The van der Waals surface area contributed by atoms with E-state index in [0.29, 0.717) is 6.54 Å². The summed E-state index contributed by atoms with van der Waals surface area (Å²) in [7, 11) is 0. The molecule has 0 radical (unpaired) electrons. The van der Waals surface area contributed by atoms with E-state index in [1.807, 2.05) is 24.3 Å². The molecule has 1 unspecified atom stereocenters. The minimum absolute atomic E-state index is 0.237. The molecule has 1 atom stereocenters. The van der Waals surface area contributed by atoms with E-state index in [9.17, 15) is 4.79 Å². The first-order valence-electron chi connectivity index (χ1n) is 4.21. The lowest BCUT2D eigenvalue weighted by atomic mass is 10.1. The molecule has 0 aliphatic carbocycles. The second-order valence-corrected chi connectivity index (χ2v) is 3.78. The first-order chi connectivity index (χ1) is 6.77. The number of rotatable bonds is 1. The first kappa shape index (κ1) is 9.48. The van der Waals surface area contributed by atoms with Crippen LogP contribution < -0.4 is 10.9 Å². The Labute approximate surface area is 89.7 Å². The Morgan fingerprint density at radius 1 is 1.43 bits per heavy atom. The van der Waals surface area contributed by atoms with Crippen molar-refractivity contribution < 1.29 is 9.53 Å². The summed E-state index contributed by atoms with van der Waals surface area (Å²) in [4.78, 5) is 10.9. The van der Waals surface area contributed by atoms with Gasteiger partial charge in [-0.2, -0.15) is 0 Å². The number of nitrogens with one attached hydrogen (secondary N) is 2. The fourth-order valence-corrected chi connectivity index (χ4v) is 1.87. The Bertz CT molecular complexity index is 356. The van der Waals surface area contributed by atoms with E-state index in [1.54, 1.807) is 0 Å². The summed E-state index contributed by atoms with van der Waals surface area (Å²) >= 11 is 3.41. The van der Waals surface area contributed by atoms with Crippen LogP contribution in [0.15, 0.2) is 28.7 Å². The number of ether oxygens (including phenoxy) is 1. The van der Waals surface area contributed by atoms with Crippen molar-refractivity contribution in [3.8, 4) is 0 Å². The molecule has 2 N–H and O–H groups in total. The number of hydrazine groups is 1. The van der Waals surface area contributed by atoms with E-state index in [1.165, 1.54) is 0 Å². The standard InChI is InChI=1S/C9H9BrN2O2/c10-7-4-2-1-3-6(7)8-5-11-12-9(13)14-8/h1-4,8,11H,5H2,(H,12,13). The monoisotopic (exact) mass is 256 g/mol. The van der Waals surface area contributed by atoms with Gasteiger partial charge < -0.3 is 4.74 Å². The number of hydrogen-bond donors (Lipinski definition) is 2. The molecule has 1 amide bonds. The molecular formula is C9H9BrN2O2. The van der Waals surface area contributed by atoms with Gasteiger partial charge in [0.25, 0.3) is 0 Å². The number of cyclic esters (lactones) is 1. The van der Waals surface area contributed by atoms with Crippen LogP contribution in [-0.2, 0) is 4.74 Å². The van der Waals surface area contributed by atoms with Crippen molar-refractivity contribution in [2.75, 3.05) is 6.54 Å². The van der Waals surface area contributed by atoms with Gasteiger partial charge in [-0.1, -0.05) is 34.1 Å². The van der Waals surface area contributed by atoms with Crippen LogP contribution in [0.4, 0.5) is 4.79 Å². The maximum atomic E-state index is 10.9. The van der Waals surface area contributed by atoms with Crippen LogP contribution in [-0.4, -0.2) is 12.6 Å². The molecule has 1 aromatic carbocycles. The Morgan fingerprint density at radius 3 is 2.93 bits per heavy atom. The molecule has 0 aromatic heterocycles. The molecule has 1 aliphatic rings. The zero-order valence-corrected chi connectivity index (χ0v) is 8.87. The van der Waals surface area contributed by atoms with Gasteiger partial charge >= 0.3 is 6.09 Å². The number of amides is 1. The second kappa shape index (κ2) is 3.98. The molecule has 1 aromatic rings. The average Bonchev–Trinajstić information content (AvgIpc) is 2.18. The van der Waals surface area contributed by atoms with Gasteiger partial charge in [-0.3, -0.25) is 5.43 Å². The summed E-state index contributed by atoms with van der Waals surface area (Å²) in [6.07, 6.45) is -0.684. The highest BCUT2D eigenvalue weighted by Crippen LogP contribution is 2.26. The molecule has 4 nitrogen and oxygen atoms in total. The van der Waals surface area contributed by atoms with Crippen LogP contribution >= 0.6 is 15.9 Å². The number of hydrogen-bond acceptors (Lipinski definition) is 3. The Morgan fingerprint density at radius 2 is 2.21 bits per heavy atom. The maximum absolute atomic E-state index is 10.9. The SMILES string of the molecule is O=C1NNCC(c2ccccc2Br)O1. The molecule has 1 aliphatic heterocycles. The van der Waals surface area contributed by atoms with Crippen molar-refractivity contribution >= 4 is 22.0 Å². The van der Waals surface area contributed by atoms with E-state index < -0.39 is 6.09 Å². The molecular weight excluding hydrogens is 248 g/mol.